The Hall–Kier alpha value is -2.20. The van der Waals surface area contributed by atoms with Crippen LogP contribution >= 0.6 is 0 Å². The Kier molecular flexibility index (Phi) is 12.3. The first-order chi connectivity index (χ1) is 21.6. The van der Waals surface area contributed by atoms with Crippen molar-refractivity contribution in [3.63, 3.8) is 0 Å². The van der Waals surface area contributed by atoms with Crippen LogP contribution in [0, 0.1) is 17.8 Å². The maximum Gasteiger partial charge on any atom is 0.408 e. The summed E-state index contributed by atoms with van der Waals surface area (Å²) in [4.78, 5) is 56.3. The lowest BCUT2D eigenvalue weighted by Crippen LogP contribution is -2.62. The lowest BCUT2D eigenvalue weighted by atomic mass is 9.73. The minimum Gasteiger partial charge on any atom is -0.456 e. The summed E-state index contributed by atoms with van der Waals surface area (Å²) < 4.78 is 30.2. The van der Waals surface area contributed by atoms with Crippen molar-refractivity contribution in [2.24, 2.45) is 17.8 Å². The van der Waals surface area contributed by atoms with Crippen molar-refractivity contribution in [3.8, 4) is 0 Å². The molecule has 14 nitrogen and oxygen atoms in total. The normalized spacial score (nSPS) is 44.7. The van der Waals surface area contributed by atoms with Crippen molar-refractivity contribution >= 4 is 23.6 Å². The molecule has 3 fully saturated rings. The van der Waals surface area contributed by atoms with Crippen LogP contribution in [0.2, 0.25) is 0 Å². The zero-order valence-corrected chi connectivity index (χ0v) is 29.6. The van der Waals surface area contributed by atoms with E-state index in [0.29, 0.717) is 6.42 Å². The number of aliphatic hydroxyl groups is 3. The number of amides is 1. The summed E-state index contributed by atoms with van der Waals surface area (Å²) in [5.41, 5.74) is -5.71. The van der Waals surface area contributed by atoms with Crippen molar-refractivity contribution in [2.45, 2.75) is 147 Å². The van der Waals surface area contributed by atoms with E-state index >= 15 is 0 Å². The lowest BCUT2D eigenvalue weighted by molar-refractivity contribution is -0.299. The molecule has 3 rings (SSSR count). The smallest absolute Gasteiger partial charge is 0.408 e. The number of rotatable bonds is 7. The molecule has 0 radical (unpaired) electrons. The predicted octanol–water partition coefficient (Wildman–Crippen LogP) is 1.34. The van der Waals surface area contributed by atoms with Crippen LogP contribution in [0.4, 0.5) is 4.79 Å². The number of ether oxygens (including phenoxy) is 5. The lowest BCUT2D eigenvalue weighted by Gasteiger charge is -2.47. The van der Waals surface area contributed by atoms with Crippen LogP contribution in [-0.2, 0) is 38.1 Å². The molecular weight excluding hydrogens is 616 g/mol. The van der Waals surface area contributed by atoms with Crippen LogP contribution in [-0.4, -0.2) is 130 Å². The summed E-state index contributed by atoms with van der Waals surface area (Å²) in [7, 11) is 3.63. The third kappa shape index (κ3) is 8.00. The van der Waals surface area contributed by atoms with E-state index in [-0.39, 0.29) is 37.4 Å². The molecule has 270 valence electrons. The van der Waals surface area contributed by atoms with Crippen LogP contribution < -0.4 is 5.32 Å². The van der Waals surface area contributed by atoms with Gasteiger partial charge in [0.25, 0.3) is 0 Å². The van der Waals surface area contributed by atoms with E-state index in [1.165, 1.54) is 13.8 Å². The van der Waals surface area contributed by atoms with Crippen LogP contribution in [0.3, 0.4) is 0 Å². The molecular formula is C33H56N2O12. The number of hydrogen-bond donors (Lipinski definition) is 4. The Bertz CT molecular complexity index is 1160. The molecule has 14 atom stereocenters. The van der Waals surface area contributed by atoms with Gasteiger partial charge in [-0.05, 0) is 68.0 Å². The highest BCUT2D eigenvalue weighted by Gasteiger charge is 2.59. The van der Waals surface area contributed by atoms with Gasteiger partial charge in [0.05, 0.1) is 36.6 Å². The number of carbonyl (C=O) groups is 4. The highest BCUT2D eigenvalue weighted by atomic mass is 16.7. The molecule has 0 spiro atoms. The van der Waals surface area contributed by atoms with Gasteiger partial charge >= 0.3 is 12.1 Å². The number of likely N-dealkylation sites (N-methyl/N-ethyl adjacent to an activating group) is 1. The topological polar surface area (TPSA) is 190 Å². The van der Waals surface area contributed by atoms with Crippen molar-refractivity contribution in [3.05, 3.63) is 0 Å². The Balaban J connectivity index is 2.20. The maximum atomic E-state index is 14.2. The van der Waals surface area contributed by atoms with E-state index in [9.17, 15) is 34.5 Å². The van der Waals surface area contributed by atoms with Gasteiger partial charge in [-0.1, -0.05) is 27.7 Å². The second kappa shape index (κ2) is 14.7. The summed E-state index contributed by atoms with van der Waals surface area (Å²) in [6.07, 6.45) is -6.31. The van der Waals surface area contributed by atoms with E-state index < -0.39 is 89.2 Å². The third-order valence-corrected chi connectivity index (χ3v) is 10.2. The number of nitrogens with zero attached hydrogens (tertiary/aromatic N) is 1. The van der Waals surface area contributed by atoms with Crippen LogP contribution in [0.5, 0.6) is 0 Å². The standard InChI is InChI=1S/C33H56N2O12/c1-12-22-33(9)25(34-30(41)47-33)19(5)23(37)16(2)14-31(7,43-15-17(3)36)27(20(6)26(39)32(8,42)29(40)45-22)46-28-24(38)21(35(10)11)13-18(4)44-28/h16-22,24-25,27-28,36,38,42H,12-15H2,1-11H3,(H,34,41)/t16-,17?,18-,19-,20+,21+,22+,24-,25?,27-,28+,31+,32?,33-/m1/s1. The fraction of sp³-hybridized carbons (Fsp3) is 0.879. The van der Waals surface area contributed by atoms with Crippen LogP contribution in [0.25, 0.3) is 0 Å². The predicted molar refractivity (Wildman–Crippen MR) is 168 cm³/mol. The van der Waals surface area contributed by atoms with Gasteiger partial charge in [-0.3, -0.25) is 9.59 Å². The van der Waals surface area contributed by atoms with Gasteiger partial charge in [0.1, 0.15) is 18.0 Å². The molecule has 0 bridgehead atoms. The molecule has 0 aromatic carbocycles. The van der Waals surface area contributed by atoms with Crippen molar-refractivity contribution in [2.75, 3.05) is 20.7 Å². The average molecular weight is 673 g/mol. The number of carbonyl (C=O) groups excluding carboxylic acids is 4. The SMILES string of the molecule is CC[C@@H]1OC(=O)C(C)(O)C(=O)[C@H](C)[C@@H](O[C@@H]2O[C@H](C)C[C@H](N(C)C)[C@H]2O)[C@@](C)(OCC(C)O)C[C@@H](C)C(=O)[C@@H](C)C2NC(=O)O[C@@]21C. The van der Waals surface area contributed by atoms with E-state index in [0.717, 1.165) is 6.92 Å². The number of esters is 1. The highest BCUT2D eigenvalue weighted by molar-refractivity contribution is 6.07. The molecule has 0 aromatic heterocycles. The van der Waals surface area contributed by atoms with Gasteiger partial charge in [-0.25, -0.2) is 9.59 Å². The molecule has 0 aromatic rings. The van der Waals surface area contributed by atoms with Crippen LogP contribution in [0.15, 0.2) is 0 Å². The summed E-state index contributed by atoms with van der Waals surface area (Å²) in [6, 6.07) is -1.28. The Morgan fingerprint density at radius 1 is 1.06 bits per heavy atom. The number of aliphatic hydroxyl groups excluding tert-OH is 2. The number of nitrogens with one attached hydrogen (secondary N) is 1. The van der Waals surface area contributed by atoms with Gasteiger partial charge in [-0.15, -0.1) is 0 Å². The van der Waals surface area contributed by atoms with E-state index in [2.05, 4.69) is 5.32 Å². The third-order valence-electron chi connectivity index (χ3n) is 10.2. The zero-order valence-electron chi connectivity index (χ0n) is 29.6. The molecule has 3 unspecified atom stereocenters. The average Bonchev–Trinajstić information content (AvgIpc) is 3.30. The highest BCUT2D eigenvalue weighted by Crippen LogP contribution is 2.41. The quantitative estimate of drug-likeness (QED) is 0.224. The maximum absolute atomic E-state index is 14.2. The molecule has 14 heteroatoms. The Morgan fingerprint density at radius 3 is 2.23 bits per heavy atom. The van der Waals surface area contributed by atoms with Gasteiger partial charge < -0.3 is 49.2 Å². The molecule has 4 N–H and O–H groups in total. The van der Waals surface area contributed by atoms with E-state index in [1.807, 2.05) is 25.9 Å². The molecule has 0 saturated carbocycles. The molecule has 3 aliphatic rings. The molecule has 47 heavy (non-hydrogen) atoms. The summed E-state index contributed by atoms with van der Waals surface area (Å²) >= 11 is 0. The molecule has 3 heterocycles. The largest absolute Gasteiger partial charge is 0.456 e. The number of fused-ring (bicyclic) bond motifs is 1. The van der Waals surface area contributed by atoms with Gasteiger partial charge in [0.2, 0.25) is 5.60 Å². The van der Waals surface area contributed by atoms with Crippen molar-refractivity contribution in [1.82, 2.24) is 10.2 Å². The van der Waals surface area contributed by atoms with E-state index in [1.54, 1.807) is 34.6 Å². The Morgan fingerprint density at radius 2 is 1.68 bits per heavy atom. The molecule has 3 saturated heterocycles. The summed E-state index contributed by atoms with van der Waals surface area (Å²) in [5.74, 6) is -5.38. The van der Waals surface area contributed by atoms with Gasteiger partial charge in [-0.2, -0.15) is 0 Å². The first-order valence-electron chi connectivity index (χ1n) is 16.6. The second-order valence-electron chi connectivity index (χ2n) is 14.6. The van der Waals surface area contributed by atoms with Gasteiger partial charge in [0.15, 0.2) is 17.7 Å². The van der Waals surface area contributed by atoms with Crippen molar-refractivity contribution < 1.29 is 58.2 Å². The minimum atomic E-state index is -2.69. The van der Waals surface area contributed by atoms with E-state index in [4.69, 9.17) is 23.7 Å². The number of hydrogen-bond acceptors (Lipinski definition) is 13. The first-order valence-corrected chi connectivity index (χ1v) is 16.6. The monoisotopic (exact) mass is 672 g/mol. The number of ketones is 2. The summed E-state index contributed by atoms with van der Waals surface area (Å²) in [6.45, 7) is 13.8. The molecule has 1 amide bonds. The van der Waals surface area contributed by atoms with Gasteiger partial charge in [0, 0.05) is 23.8 Å². The minimum absolute atomic E-state index is 0.0390. The number of alkyl carbamates (subject to hydrolysis) is 1. The fourth-order valence-electron chi connectivity index (χ4n) is 7.46. The Labute approximate surface area is 277 Å². The number of Topliss-reactive ketones (excluding diaryl/α,β-unsaturated/α-hetero) is 2. The van der Waals surface area contributed by atoms with Crippen LogP contribution in [0.1, 0.15) is 81.6 Å². The second-order valence-corrected chi connectivity index (χ2v) is 14.6. The fourth-order valence-corrected chi connectivity index (χ4v) is 7.46. The summed E-state index contributed by atoms with van der Waals surface area (Å²) in [5, 5.41) is 35.8. The molecule has 0 aliphatic carbocycles. The number of cyclic esters (lactones) is 1. The molecule has 3 aliphatic heterocycles. The zero-order chi connectivity index (χ0) is 35.8. The van der Waals surface area contributed by atoms with Crippen molar-refractivity contribution in [1.29, 1.82) is 0 Å². The first kappa shape index (κ1) is 39.2.